The van der Waals surface area contributed by atoms with E-state index in [-0.39, 0.29) is 18.5 Å². The molecule has 0 amide bonds. The van der Waals surface area contributed by atoms with Gasteiger partial charge in [-0.25, -0.2) is 0 Å². The second-order valence-electron chi connectivity index (χ2n) is 8.01. The van der Waals surface area contributed by atoms with Gasteiger partial charge in [0.2, 0.25) is 0 Å². The highest BCUT2D eigenvalue weighted by molar-refractivity contribution is 5.26. The van der Waals surface area contributed by atoms with E-state index in [2.05, 4.69) is 38.2 Å². The Morgan fingerprint density at radius 3 is 2.63 bits per heavy atom. The van der Waals surface area contributed by atoms with Gasteiger partial charge in [-0.15, -0.1) is 0 Å². The van der Waals surface area contributed by atoms with Crippen molar-refractivity contribution in [3.63, 3.8) is 0 Å². The molecule has 1 aliphatic rings. The molecule has 1 aromatic carbocycles. The molecule has 0 fully saturated rings. The van der Waals surface area contributed by atoms with Gasteiger partial charge in [-0.05, 0) is 62.8 Å². The molecule has 1 aromatic rings. The van der Waals surface area contributed by atoms with Crippen LogP contribution in [-0.4, -0.2) is 32.2 Å². The van der Waals surface area contributed by atoms with E-state index < -0.39 is 0 Å². The first-order valence-corrected chi connectivity index (χ1v) is 11.1. The number of benzene rings is 1. The predicted octanol–water partition coefficient (Wildman–Crippen LogP) is 6.23. The van der Waals surface area contributed by atoms with Crippen LogP contribution in [0.2, 0.25) is 0 Å². The standard InChI is InChI=1S/C26H38O4/c1-6-22(10-15-25-8-7-9-26(30-25)29-20(2)3)18-21(4)16-17-28-19-23-11-13-24(27-5)14-12-23/h7,9-15,18,20-21,25-26H,6,8,16-17,19H2,1-5H3/b15-10+,22-18-/t21-,25+,26?/m1/s1. The lowest BCUT2D eigenvalue weighted by molar-refractivity contribution is -0.154. The van der Waals surface area contributed by atoms with Crippen LogP contribution in [0.1, 0.15) is 52.5 Å². The van der Waals surface area contributed by atoms with Crippen LogP contribution in [0.25, 0.3) is 0 Å². The van der Waals surface area contributed by atoms with Crippen LogP contribution in [0.3, 0.4) is 0 Å². The van der Waals surface area contributed by atoms with Gasteiger partial charge in [0.25, 0.3) is 0 Å². The van der Waals surface area contributed by atoms with Crippen LogP contribution in [0.15, 0.2) is 60.2 Å². The van der Waals surface area contributed by atoms with Gasteiger partial charge in [-0.3, -0.25) is 0 Å². The molecule has 0 saturated carbocycles. The number of hydrogen-bond donors (Lipinski definition) is 0. The lowest BCUT2D eigenvalue weighted by Crippen LogP contribution is -2.27. The van der Waals surface area contributed by atoms with Crippen molar-refractivity contribution in [2.75, 3.05) is 13.7 Å². The van der Waals surface area contributed by atoms with Crippen molar-refractivity contribution in [1.82, 2.24) is 0 Å². The van der Waals surface area contributed by atoms with Crippen LogP contribution in [-0.2, 0) is 20.8 Å². The third kappa shape index (κ3) is 9.29. The molecule has 0 aliphatic carbocycles. The molecule has 4 heteroatoms. The van der Waals surface area contributed by atoms with E-state index in [0.717, 1.165) is 37.2 Å². The summed E-state index contributed by atoms with van der Waals surface area (Å²) in [6, 6.07) is 8.02. The number of ether oxygens (including phenoxy) is 4. The van der Waals surface area contributed by atoms with E-state index in [1.807, 2.05) is 44.2 Å². The second kappa shape index (κ2) is 13.4. The molecule has 0 radical (unpaired) electrons. The maximum Gasteiger partial charge on any atom is 0.177 e. The number of rotatable bonds is 12. The first kappa shape index (κ1) is 24.4. The quantitative estimate of drug-likeness (QED) is 0.231. The molecule has 30 heavy (non-hydrogen) atoms. The van der Waals surface area contributed by atoms with E-state index in [1.54, 1.807) is 7.11 Å². The Bertz CT molecular complexity index is 687. The summed E-state index contributed by atoms with van der Waals surface area (Å²) in [6.07, 6.45) is 13.7. The molecule has 0 N–H and O–H groups in total. The normalized spacial score (nSPS) is 20.8. The zero-order chi connectivity index (χ0) is 21.8. The summed E-state index contributed by atoms with van der Waals surface area (Å²) in [5.74, 6) is 1.33. The number of methoxy groups -OCH3 is 1. The first-order valence-electron chi connectivity index (χ1n) is 11.1. The largest absolute Gasteiger partial charge is 0.497 e. The van der Waals surface area contributed by atoms with E-state index in [0.29, 0.717) is 12.5 Å². The Kier molecular flexibility index (Phi) is 10.9. The minimum atomic E-state index is -0.246. The molecule has 1 heterocycles. The summed E-state index contributed by atoms with van der Waals surface area (Å²) in [6.45, 7) is 9.86. The maximum absolute atomic E-state index is 5.98. The average Bonchev–Trinajstić information content (AvgIpc) is 2.74. The molecule has 3 atom stereocenters. The molecule has 0 spiro atoms. The molecule has 1 aliphatic heterocycles. The molecule has 0 saturated heterocycles. The zero-order valence-electron chi connectivity index (χ0n) is 19.2. The van der Waals surface area contributed by atoms with E-state index >= 15 is 0 Å². The molecular formula is C26H38O4. The third-order valence-corrected chi connectivity index (χ3v) is 4.95. The van der Waals surface area contributed by atoms with Crippen molar-refractivity contribution in [2.24, 2.45) is 5.92 Å². The van der Waals surface area contributed by atoms with E-state index in [4.69, 9.17) is 18.9 Å². The Morgan fingerprint density at radius 1 is 1.20 bits per heavy atom. The van der Waals surface area contributed by atoms with Gasteiger partial charge in [0.05, 0.1) is 25.9 Å². The van der Waals surface area contributed by atoms with Crippen LogP contribution >= 0.6 is 0 Å². The van der Waals surface area contributed by atoms with Crippen LogP contribution in [0.5, 0.6) is 5.75 Å². The van der Waals surface area contributed by atoms with E-state index in [9.17, 15) is 0 Å². The van der Waals surface area contributed by atoms with Crippen molar-refractivity contribution in [2.45, 2.75) is 72.1 Å². The number of allylic oxidation sites excluding steroid dienone is 3. The fourth-order valence-corrected chi connectivity index (χ4v) is 3.22. The summed E-state index contributed by atoms with van der Waals surface area (Å²) in [7, 11) is 1.68. The van der Waals surface area contributed by atoms with Gasteiger partial charge < -0.3 is 18.9 Å². The Labute approximate surface area is 182 Å². The third-order valence-electron chi connectivity index (χ3n) is 4.95. The average molecular weight is 415 g/mol. The van der Waals surface area contributed by atoms with Crippen molar-refractivity contribution in [1.29, 1.82) is 0 Å². The molecule has 0 bridgehead atoms. The highest BCUT2D eigenvalue weighted by Gasteiger charge is 2.17. The Hall–Kier alpha value is -1.88. The van der Waals surface area contributed by atoms with E-state index in [1.165, 1.54) is 5.57 Å². The SMILES string of the molecule is CCC(=C/[C@H](C)CCOCc1ccc(OC)cc1)/C=C/[C@@H]1CC=CC(OC(C)C)O1. The summed E-state index contributed by atoms with van der Waals surface area (Å²) >= 11 is 0. The van der Waals surface area contributed by atoms with Gasteiger partial charge in [0.15, 0.2) is 6.29 Å². The van der Waals surface area contributed by atoms with Crippen LogP contribution in [0.4, 0.5) is 0 Å². The van der Waals surface area contributed by atoms with Crippen molar-refractivity contribution < 1.29 is 18.9 Å². The molecule has 0 aromatic heterocycles. The molecular weight excluding hydrogens is 376 g/mol. The Balaban J connectivity index is 1.74. The second-order valence-corrected chi connectivity index (χ2v) is 8.01. The van der Waals surface area contributed by atoms with Crippen molar-refractivity contribution >= 4 is 0 Å². The summed E-state index contributed by atoms with van der Waals surface area (Å²) in [4.78, 5) is 0. The fourth-order valence-electron chi connectivity index (χ4n) is 3.22. The predicted molar refractivity (Wildman–Crippen MR) is 123 cm³/mol. The number of hydrogen-bond acceptors (Lipinski definition) is 4. The summed E-state index contributed by atoms with van der Waals surface area (Å²) in [5, 5.41) is 0. The molecule has 1 unspecified atom stereocenters. The highest BCUT2D eigenvalue weighted by Crippen LogP contribution is 2.18. The van der Waals surface area contributed by atoms with Gasteiger partial charge >= 0.3 is 0 Å². The van der Waals surface area contributed by atoms with Crippen LogP contribution in [0, 0.1) is 5.92 Å². The maximum atomic E-state index is 5.98. The highest BCUT2D eigenvalue weighted by atomic mass is 16.7. The van der Waals surface area contributed by atoms with Gasteiger partial charge in [-0.1, -0.05) is 55.9 Å². The minimum absolute atomic E-state index is 0.0665. The summed E-state index contributed by atoms with van der Waals surface area (Å²) in [5.41, 5.74) is 2.49. The minimum Gasteiger partial charge on any atom is -0.497 e. The molecule has 4 nitrogen and oxygen atoms in total. The van der Waals surface area contributed by atoms with Gasteiger partial charge in [0.1, 0.15) is 5.75 Å². The Morgan fingerprint density at radius 2 is 1.97 bits per heavy atom. The van der Waals surface area contributed by atoms with Crippen molar-refractivity contribution in [3.8, 4) is 5.75 Å². The molecule has 2 rings (SSSR count). The zero-order valence-corrected chi connectivity index (χ0v) is 19.2. The lowest BCUT2D eigenvalue weighted by atomic mass is 10.0. The van der Waals surface area contributed by atoms with Crippen LogP contribution < -0.4 is 4.74 Å². The van der Waals surface area contributed by atoms with Crippen molar-refractivity contribution in [3.05, 3.63) is 65.8 Å². The smallest absolute Gasteiger partial charge is 0.177 e. The summed E-state index contributed by atoms with van der Waals surface area (Å²) < 4.78 is 22.8. The monoisotopic (exact) mass is 414 g/mol. The van der Waals surface area contributed by atoms with Gasteiger partial charge in [0, 0.05) is 6.61 Å². The first-order chi connectivity index (χ1) is 14.5. The fraction of sp³-hybridized carbons (Fsp3) is 0.538. The van der Waals surface area contributed by atoms with Gasteiger partial charge in [-0.2, -0.15) is 0 Å². The lowest BCUT2D eigenvalue weighted by Gasteiger charge is -2.25. The molecule has 166 valence electrons. The topological polar surface area (TPSA) is 36.9 Å².